The molecule has 1 aliphatic rings. The van der Waals surface area contributed by atoms with Crippen LogP contribution in [0, 0.1) is 27.9 Å². The molecule has 0 aromatic heterocycles. The molecule has 3 atom stereocenters. The normalized spacial score (nSPS) is 20.8. The maximum atomic E-state index is 12.6. The molecule has 1 heterocycles. The third-order valence-electron chi connectivity index (χ3n) is 4.94. The number of hydrogen-bond acceptors (Lipinski definition) is 5. The molecule has 148 valence electrons. The van der Waals surface area contributed by atoms with Gasteiger partial charge in [-0.3, -0.25) is 19.7 Å². The molecule has 3 unspecified atom stereocenters. The van der Waals surface area contributed by atoms with E-state index in [1.807, 2.05) is 4.90 Å². The Labute approximate surface area is 158 Å². The summed E-state index contributed by atoms with van der Waals surface area (Å²) in [6.07, 6.45) is 1.09. The minimum absolute atomic E-state index is 0.0326. The third-order valence-corrected chi connectivity index (χ3v) is 4.94. The van der Waals surface area contributed by atoms with Gasteiger partial charge in [-0.05, 0) is 30.4 Å². The quantitative estimate of drug-likeness (QED) is 0.604. The molecule has 27 heavy (non-hydrogen) atoms. The fourth-order valence-corrected chi connectivity index (χ4v) is 3.72. The molecular formula is C19H27N3O5. The highest BCUT2D eigenvalue weighted by molar-refractivity contribution is 5.96. The number of hydrogen-bond donors (Lipinski definition) is 1. The van der Waals surface area contributed by atoms with Crippen molar-refractivity contribution in [2.24, 2.45) is 17.8 Å². The lowest BCUT2D eigenvalue weighted by molar-refractivity contribution is -0.384. The predicted octanol–water partition coefficient (Wildman–Crippen LogP) is 2.87. The van der Waals surface area contributed by atoms with Gasteiger partial charge >= 0.3 is 5.97 Å². The molecule has 0 radical (unpaired) electrons. The first-order valence-electron chi connectivity index (χ1n) is 9.11. The highest BCUT2D eigenvalue weighted by Gasteiger charge is 2.28. The molecule has 1 fully saturated rings. The number of carbonyl (C=O) groups excluding carboxylic acids is 1. The molecule has 0 saturated carbocycles. The van der Waals surface area contributed by atoms with Crippen molar-refractivity contribution in [3.63, 3.8) is 0 Å². The summed E-state index contributed by atoms with van der Waals surface area (Å²) in [7, 11) is 1.50. The maximum absolute atomic E-state index is 12.6. The van der Waals surface area contributed by atoms with Crippen molar-refractivity contribution in [3.8, 4) is 0 Å². The van der Waals surface area contributed by atoms with Crippen LogP contribution in [-0.2, 0) is 4.79 Å². The van der Waals surface area contributed by atoms with Crippen molar-refractivity contribution >= 4 is 23.3 Å². The average molecular weight is 377 g/mol. The summed E-state index contributed by atoms with van der Waals surface area (Å²) in [6, 6.07) is 4.50. The minimum atomic E-state index is -0.996. The summed E-state index contributed by atoms with van der Waals surface area (Å²) in [5.41, 5.74) is 0.613. The number of amides is 1. The first-order valence-corrected chi connectivity index (χ1v) is 9.11. The molecule has 1 aromatic rings. The number of carboxylic acids is 1. The summed E-state index contributed by atoms with van der Waals surface area (Å²) in [6.45, 7) is 7.29. The molecule has 1 saturated heterocycles. The lowest BCUT2D eigenvalue weighted by Crippen LogP contribution is -2.39. The monoisotopic (exact) mass is 377 g/mol. The van der Waals surface area contributed by atoms with E-state index >= 15 is 0 Å². The van der Waals surface area contributed by atoms with Gasteiger partial charge < -0.3 is 14.9 Å². The number of nitrogens with zero attached hydrogens (tertiary/aromatic N) is 3. The van der Waals surface area contributed by atoms with Crippen molar-refractivity contribution in [3.05, 3.63) is 33.9 Å². The van der Waals surface area contributed by atoms with E-state index in [2.05, 4.69) is 13.8 Å². The number of aliphatic carboxylic acids is 1. The zero-order chi connectivity index (χ0) is 20.3. The van der Waals surface area contributed by atoms with Crippen LogP contribution in [0.25, 0.3) is 0 Å². The summed E-state index contributed by atoms with van der Waals surface area (Å²) < 4.78 is 0. The summed E-state index contributed by atoms with van der Waals surface area (Å²) >= 11 is 0. The van der Waals surface area contributed by atoms with E-state index in [-0.39, 0.29) is 17.8 Å². The molecule has 2 rings (SSSR count). The van der Waals surface area contributed by atoms with Gasteiger partial charge in [0.25, 0.3) is 11.6 Å². The van der Waals surface area contributed by atoms with E-state index in [1.165, 1.54) is 24.9 Å². The van der Waals surface area contributed by atoms with Crippen LogP contribution in [0.3, 0.4) is 0 Å². The molecule has 1 aliphatic heterocycles. The van der Waals surface area contributed by atoms with Gasteiger partial charge in [-0.1, -0.05) is 20.8 Å². The molecule has 8 heteroatoms. The predicted molar refractivity (Wildman–Crippen MR) is 102 cm³/mol. The number of rotatable bonds is 6. The van der Waals surface area contributed by atoms with Gasteiger partial charge in [0.15, 0.2) is 0 Å². The first-order chi connectivity index (χ1) is 12.6. The molecular weight excluding hydrogens is 350 g/mol. The molecule has 0 bridgehead atoms. The second kappa shape index (κ2) is 8.37. The van der Waals surface area contributed by atoms with Crippen LogP contribution in [0.5, 0.6) is 0 Å². The number of anilines is 1. The van der Waals surface area contributed by atoms with E-state index in [0.29, 0.717) is 17.5 Å². The molecule has 0 aliphatic carbocycles. The van der Waals surface area contributed by atoms with E-state index in [0.717, 1.165) is 19.5 Å². The van der Waals surface area contributed by atoms with Gasteiger partial charge in [0.1, 0.15) is 5.69 Å². The zero-order valence-electron chi connectivity index (χ0n) is 16.2. The Morgan fingerprint density at radius 1 is 1.33 bits per heavy atom. The second-order valence-corrected chi connectivity index (χ2v) is 7.74. The molecule has 1 N–H and O–H groups in total. The van der Waals surface area contributed by atoms with Gasteiger partial charge in [-0.15, -0.1) is 0 Å². The molecule has 1 amide bonds. The lowest BCUT2D eigenvalue weighted by atomic mass is 9.91. The molecule has 0 spiro atoms. The average Bonchev–Trinajstić information content (AvgIpc) is 2.59. The van der Waals surface area contributed by atoms with Gasteiger partial charge in [0.2, 0.25) is 0 Å². The van der Waals surface area contributed by atoms with Crippen molar-refractivity contribution in [1.82, 2.24) is 4.90 Å². The Morgan fingerprint density at radius 3 is 2.44 bits per heavy atom. The zero-order valence-corrected chi connectivity index (χ0v) is 16.2. The number of nitro benzene ring substituents is 1. The van der Waals surface area contributed by atoms with Crippen molar-refractivity contribution in [2.75, 3.05) is 31.6 Å². The Bertz CT molecular complexity index is 726. The van der Waals surface area contributed by atoms with Gasteiger partial charge in [-0.2, -0.15) is 0 Å². The SMILES string of the molecule is CC1CC(C)CN(c2ccc(C(=O)N(C)CC(C)C(=O)O)cc2[N+](=O)[O-])C1. The van der Waals surface area contributed by atoms with Gasteiger partial charge in [0.05, 0.1) is 10.8 Å². The molecule has 1 aromatic carbocycles. The summed E-state index contributed by atoms with van der Waals surface area (Å²) in [5, 5.41) is 20.6. The van der Waals surface area contributed by atoms with E-state index in [4.69, 9.17) is 5.11 Å². The summed E-state index contributed by atoms with van der Waals surface area (Å²) in [5.74, 6) is -1.26. The van der Waals surface area contributed by atoms with Crippen molar-refractivity contribution < 1.29 is 19.6 Å². The first kappa shape index (κ1) is 20.7. The Hall–Kier alpha value is -2.64. The number of carbonyl (C=O) groups is 2. The van der Waals surface area contributed by atoms with Crippen molar-refractivity contribution in [1.29, 1.82) is 0 Å². The summed E-state index contributed by atoms with van der Waals surface area (Å²) in [4.78, 5) is 38.0. The van der Waals surface area contributed by atoms with Crippen LogP contribution in [-0.4, -0.2) is 53.5 Å². The van der Waals surface area contributed by atoms with Gasteiger partial charge in [0, 0.05) is 38.3 Å². The largest absolute Gasteiger partial charge is 0.481 e. The van der Waals surface area contributed by atoms with Crippen molar-refractivity contribution in [2.45, 2.75) is 27.2 Å². The highest BCUT2D eigenvalue weighted by atomic mass is 16.6. The number of carboxylic acid groups (broad SMARTS) is 1. The van der Waals surface area contributed by atoms with Crippen LogP contribution >= 0.6 is 0 Å². The Kier molecular flexibility index (Phi) is 6.41. The standard InChI is InChI=1S/C19H27N3O5/c1-12-7-13(2)10-21(9-12)16-6-5-15(8-17(16)22(26)27)18(23)20(4)11-14(3)19(24)25/h5-6,8,12-14H,7,9-11H2,1-4H3,(H,24,25). The topological polar surface area (TPSA) is 104 Å². The Morgan fingerprint density at radius 2 is 1.93 bits per heavy atom. The second-order valence-electron chi connectivity index (χ2n) is 7.74. The third kappa shape index (κ3) is 4.96. The van der Waals surface area contributed by atoms with Gasteiger partial charge in [-0.25, -0.2) is 0 Å². The minimum Gasteiger partial charge on any atom is -0.481 e. The van der Waals surface area contributed by atoms with Crippen LogP contribution in [0.1, 0.15) is 37.6 Å². The fourth-order valence-electron chi connectivity index (χ4n) is 3.72. The van der Waals surface area contributed by atoms with Crippen LogP contribution in [0.15, 0.2) is 18.2 Å². The number of benzene rings is 1. The number of nitro groups is 1. The van der Waals surface area contributed by atoms with Crippen LogP contribution in [0.4, 0.5) is 11.4 Å². The van der Waals surface area contributed by atoms with Crippen LogP contribution < -0.4 is 4.90 Å². The fraction of sp³-hybridized carbons (Fsp3) is 0.579. The number of piperidine rings is 1. The molecule has 8 nitrogen and oxygen atoms in total. The smallest absolute Gasteiger partial charge is 0.308 e. The maximum Gasteiger partial charge on any atom is 0.308 e. The highest BCUT2D eigenvalue weighted by Crippen LogP contribution is 2.34. The Balaban J connectivity index is 2.28. The lowest BCUT2D eigenvalue weighted by Gasteiger charge is -2.36. The van der Waals surface area contributed by atoms with Crippen LogP contribution in [0.2, 0.25) is 0 Å². The van der Waals surface area contributed by atoms with E-state index in [9.17, 15) is 19.7 Å². The van der Waals surface area contributed by atoms with E-state index in [1.54, 1.807) is 12.1 Å². The van der Waals surface area contributed by atoms with E-state index < -0.39 is 22.7 Å².